The Morgan fingerprint density at radius 1 is 1.21 bits per heavy atom. The third-order valence-corrected chi connectivity index (χ3v) is 5.72. The summed E-state index contributed by atoms with van der Waals surface area (Å²) in [5.41, 5.74) is 0.213. The van der Waals surface area contributed by atoms with E-state index in [9.17, 15) is 8.42 Å². The average Bonchev–Trinajstić information content (AvgIpc) is 2.47. The second kappa shape index (κ2) is 5.72. The van der Waals surface area contributed by atoms with Crippen LogP contribution in [-0.2, 0) is 10.0 Å². The largest absolute Gasteiger partial charge is 0.244 e. The Morgan fingerprint density at radius 2 is 1.84 bits per heavy atom. The molecule has 1 aromatic carbocycles. The lowest BCUT2D eigenvalue weighted by atomic mass is 9.96. The lowest BCUT2D eigenvalue weighted by Crippen LogP contribution is -2.38. The molecule has 102 valence electrons. The number of benzene rings is 1. The fraction of sp³-hybridized carbons (Fsp3) is 0.500. The molecule has 0 bridgehead atoms. The van der Waals surface area contributed by atoms with Crippen molar-refractivity contribution >= 4 is 10.0 Å². The van der Waals surface area contributed by atoms with Gasteiger partial charge in [0.15, 0.2) is 0 Å². The molecule has 2 rings (SSSR count). The van der Waals surface area contributed by atoms with Crippen molar-refractivity contribution in [2.24, 2.45) is 0 Å². The maximum atomic E-state index is 12.6. The normalized spacial score (nSPS) is 17.3. The topological polar surface area (TPSA) is 61.2 Å². The van der Waals surface area contributed by atoms with Gasteiger partial charge < -0.3 is 0 Å². The van der Waals surface area contributed by atoms with Crippen molar-refractivity contribution in [2.45, 2.75) is 43.0 Å². The van der Waals surface area contributed by atoms with Crippen molar-refractivity contribution in [1.29, 1.82) is 5.26 Å². The highest BCUT2D eigenvalue weighted by atomic mass is 32.2. The lowest BCUT2D eigenvalue weighted by Gasteiger charge is -2.30. The van der Waals surface area contributed by atoms with Crippen LogP contribution in [0.4, 0.5) is 0 Å². The molecule has 19 heavy (non-hydrogen) atoms. The molecule has 0 spiro atoms. The van der Waals surface area contributed by atoms with E-state index in [1.54, 1.807) is 25.2 Å². The third kappa shape index (κ3) is 2.80. The standard InChI is InChI=1S/C14H18N2O2S/c1-16(13-8-3-2-4-9-13)19(17,18)14-10-6-5-7-12(14)11-15/h5-7,10,13H,2-4,8-9H2,1H3. The van der Waals surface area contributed by atoms with Crippen molar-refractivity contribution in [3.05, 3.63) is 29.8 Å². The number of rotatable bonds is 3. The van der Waals surface area contributed by atoms with Gasteiger partial charge >= 0.3 is 0 Å². The predicted octanol–water partition coefficient (Wildman–Crippen LogP) is 2.51. The van der Waals surface area contributed by atoms with Crippen molar-refractivity contribution < 1.29 is 8.42 Å². The van der Waals surface area contributed by atoms with Gasteiger partial charge in [0.2, 0.25) is 10.0 Å². The molecule has 0 saturated heterocycles. The SMILES string of the molecule is CN(C1CCCCC1)S(=O)(=O)c1ccccc1C#N. The zero-order chi connectivity index (χ0) is 13.9. The van der Waals surface area contributed by atoms with Crippen molar-refractivity contribution in [1.82, 2.24) is 4.31 Å². The maximum Gasteiger partial charge on any atom is 0.244 e. The van der Waals surface area contributed by atoms with E-state index in [0.29, 0.717) is 0 Å². The van der Waals surface area contributed by atoms with E-state index in [1.165, 1.54) is 16.8 Å². The van der Waals surface area contributed by atoms with E-state index in [-0.39, 0.29) is 16.5 Å². The molecule has 0 atom stereocenters. The van der Waals surface area contributed by atoms with Gasteiger partial charge in [0.25, 0.3) is 0 Å². The second-order valence-electron chi connectivity index (χ2n) is 4.92. The Morgan fingerprint density at radius 3 is 2.47 bits per heavy atom. The highest BCUT2D eigenvalue weighted by Crippen LogP contribution is 2.27. The summed E-state index contributed by atoms with van der Waals surface area (Å²) in [4.78, 5) is 0.116. The average molecular weight is 278 g/mol. The Labute approximate surface area is 114 Å². The number of nitrogens with zero attached hydrogens (tertiary/aromatic N) is 2. The Hall–Kier alpha value is -1.38. The molecule has 0 aliphatic heterocycles. The zero-order valence-corrected chi connectivity index (χ0v) is 11.9. The van der Waals surface area contributed by atoms with Crippen LogP contribution in [0.5, 0.6) is 0 Å². The Kier molecular flexibility index (Phi) is 4.23. The fourth-order valence-electron chi connectivity index (χ4n) is 2.58. The molecule has 1 fully saturated rings. The molecule has 5 heteroatoms. The molecule has 1 aliphatic carbocycles. The minimum atomic E-state index is -3.57. The zero-order valence-electron chi connectivity index (χ0n) is 11.0. The summed E-state index contributed by atoms with van der Waals surface area (Å²) in [6.45, 7) is 0. The number of sulfonamides is 1. The first-order valence-corrected chi connectivity index (χ1v) is 7.98. The molecule has 0 unspecified atom stereocenters. The quantitative estimate of drug-likeness (QED) is 0.853. The van der Waals surface area contributed by atoms with E-state index in [0.717, 1.165) is 25.7 Å². The van der Waals surface area contributed by atoms with E-state index in [1.807, 2.05) is 6.07 Å². The fourth-order valence-corrected chi connectivity index (χ4v) is 4.14. The smallest absolute Gasteiger partial charge is 0.207 e. The Balaban J connectivity index is 2.34. The minimum Gasteiger partial charge on any atom is -0.207 e. The first kappa shape index (κ1) is 14.0. The lowest BCUT2D eigenvalue weighted by molar-refractivity contribution is 0.286. The summed E-state index contributed by atoms with van der Waals surface area (Å²) in [6.07, 6.45) is 5.14. The molecule has 4 nitrogen and oxygen atoms in total. The molecule has 0 radical (unpaired) electrons. The maximum absolute atomic E-state index is 12.6. The summed E-state index contributed by atoms with van der Waals surface area (Å²) >= 11 is 0. The van der Waals surface area contributed by atoms with E-state index < -0.39 is 10.0 Å². The van der Waals surface area contributed by atoms with E-state index in [4.69, 9.17) is 5.26 Å². The summed E-state index contributed by atoms with van der Waals surface area (Å²) in [7, 11) is -1.95. The van der Waals surface area contributed by atoms with Gasteiger partial charge in [-0.15, -0.1) is 0 Å². The molecular weight excluding hydrogens is 260 g/mol. The van der Waals surface area contributed by atoms with Gasteiger partial charge in [-0.2, -0.15) is 9.57 Å². The van der Waals surface area contributed by atoms with Crippen molar-refractivity contribution in [2.75, 3.05) is 7.05 Å². The highest BCUT2D eigenvalue weighted by molar-refractivity contribution is 7.89. The molecule has 1 saturated carbocycles. The van der Waals surface area contributed by atoms with Gasteiger partial charge in [-0.3, -0.25) is 0 Å². The molecule has 0 amide bonds. The first-order chi connectivity index (χ1) is 9.07. The van der Waals surface area contributed by atoms with Crippen molar-refractivity contribution in [3.63, 3.8) is 0 Å². The van der Waals surface area contributed by atoms with Crippen LogP contribution < -0.4 is 0 Å². The number of hydrogen-bond donors (Lipinski definition) is 0. The van der Waals surface area contributed by atoms with E-state index >= 15 is 0 Å². The van der Waals surface area contributed by atoms with Crippen LogP contribution >= 0.6 is 0 Å². The van der Waals surface area contributed by atoms with Gasteiger partial charge in [-0.25, -0.2) is 8.42 Å². The van der Waals surface area contributed by atoms with Gasteiger partial charge in [-0.1, -0.05) is 31.4 Å². The first-order valence-electron chi connectivity index (χ1n) is 6.54. The van der Waals surface area contributed by atoms with Crippen LogP contribution in [0.25, 0.3) is 0 Å². The van der Waals surface area contributed by atoms with Crippen LogP contribution in [-0.4, -0.2) is 25.8 Å². The summed E-state index contributed by atoms with van der Waals surface area (Å²) in [5, 5.41) is 9.04. The van der Waals surface area contributed by atoms with E-state index in [2.05, 4.69) is 0 Å². The minimum absolute atomic E-state index is 0.0606. The molecule has 1 aliphatic rings. The van der Waals surface area contributed by atoms with Gasteiger partial charge in [0.1, 0.15) is 6.07 Å². The van der Waals surface area contributed by atoms with Gasteiger partial charge in [-0.05, 0) is 25.0 Å². The summed E-state index contributed by atoms with van der Waals surface area (Å²) in [6, 6.07) is 8.40. The van der Waals surface area contributed by atoms with Gasteiger partial charge in [0, 0.05) is 13.1 Å². The monoisotopic (exact) mass is 278 g/mol. The molecule has 0 aromatic heterocycles. The molecular formula is C14H18N2O2S. The third-order valence-electron chi connectivity index (χ3n) is 3.75. The van der Waals surface area contributed by atoms with Crippen LogP contribution in [0.2, 0.25) is 0 Å². The molecule has 1 aromatic rings. The number of nitriles is 1. The van der Waals surface area contributed by atoms with Crippen LogP contribution in [0.1, 0.15) is 37.7 Å². The molecule has 0 N–H and O–H groups in total. The van der Waals surface area contributed by atoms with Crippen LogP contribution in [0.3, 0.4) is 0 Å². The summed E-state index contributed by atoms with van der Waals surface area (Å²) in [5.74, 6) is 0. The second-order valence-corrected chi connectivity index (χ2v) is 6.89. The molecule has 0 heterocycles. The highest BCUT2D eigenvalue weighted by Gasteiger charge is 2.30. The van der Waals surface area contributed by atoms with Gasteiger partial charge in [0.05, 0.1) is 10.5 Å². The van der Waals surface area contributed by atoms with Crippen molar-refractivity contribution in [3.8, 4) is 6.07 Å². The number of hydrogen-bond acceptors (Lipinski definition) is 3. The van der Waals surface area contributed by atoms with Crippen LogP contribution in [0.15, 0.2) is 29.2 Å². The predicted molar refractivity (Wildman–Crippen MR) is 73.0 cm³/mol. The van der Waals surface area contributed by atoms with Crippen LogP contribution in [0, 0.1) is 11.3 Å². The summed E-state index contributed by atoms with van der Waals surface area (Å²) < 4.78 is 26.6. The Bertz CT molecular complexity index is 584.